The van der Waals surface area contributed by atoms with Gasteiger partial charge in [-0.2, -0.15) is 0 Å². The second-order valence-corrected chi connectivity index (χ2v) is 3.01. The highest BCUT2D eigenvalue weighted by atomic mass is 16.5. The summed E-state index contributed by atoms with van der Waals surface area (Å²) in [6.45, 7) is 1.51. The van der Waals surface area contributed by atoms with E-state index in [-0.39, 0.29) is 12.6 Å². The van der Waals surface area contributed by atoms with Gasteiger partial charge < -0.3 is 15.2 Å². The van der Waals surface area contributed by atoms with Crippen LogP contribution in [0.3, 0.4) is 0 Å². The van der Waals surface area contributed by atoms with Crippen LogP contribution in [0.5, 0.6) is 0 Å². The SMILES string of the molecule is O=C(O)CNCC1CCCCO1. The fourth-order valence-corrected chi connectivity index (χ4v) is 1.31. The van der Waals surface area contributed by atoms with Gasteiger partial charge >= 0.3 is 5.97 Å². The highest BCUT2D eigenvalue weighted by Gasteiger charge is 2.12. The Bertz CT molecular complexity index is 143. The first-order valence-corrected chi connectivity index (χ1v) is 4.33. The number of rotatable bonds is 4. The van der Waals surface area contributed by atoms with Crippen LogP contribution in [0.25, 0.3) is 0 Å². The third-order valence-corrected chi connectivity index (χ3v) is 1.92. The third kappa shape index (κ3) is 3.69. The maximum Gasteiger partial charge on any atom is 0.317 e. The van der Waals surface area contributed by atoms with Crippen molar-refractivity contribution in [3.8, 4) is 0 Å². The van der Waals surface area contributed by atoms with Crippen molar-refractivity contribution in [1.29, 1.82) is 0 Å². The number of carboxylic acid groups (broad SMARTS) is 1. The van der Waals surface area contributed by atoms with Crippen molar-refractivity contribution >= 4 is 5.97 Å². The number of hydrogen-bond donors (Lipinski definition) is 2. The summed E-state index contributed by atoms with van der Waals surface area (Å²) >= 11 is 0. The molecule has 0 amide bonds. The molecule has 1 aliphatic rings. The van der Waals surface area contributed by atoms with E-state index < -0.39 is 5.97 Å². The van der Waals surface area contributed by atoms with Crippen LogP contribution in [0.4, 0.5) is 0 Å². The molecule has 1 unspecified atom stereocenters. The van der Waals surface area contributed by atoms with E-state index in [4.69, 9.17) is 9.84 Å². The summed E-state index contributed by atoms with van der Waals surface area (Å²) in [7, 11) is 0. The van der Waals surface area contributed by atoms with E-state index in [1.54, 1.807) is 0 Å². The van der Waals surface area contributed by atoms with Crippen LogP contribution >= 0.6 is 0 Å². The van der Waals surface area contributed by atoms with Crippen LogP contribution in [0, 0.1) is 0 Å². The highest BCUT2D eigenvalue weighted by molar-refractivity contribution is 5.68. The van der Waals surface area contributed by atoms with Gasteiger partial charge in [0, 0.05) is 13.2 Å². The summed E-state index contributed by atoms with van der Waals surface area (Å²) in [6.07, 6.45) is 3.60. The third-order valence-electron chi connectivity index (χ3n) is 1.92. The quantitative estimate of drug-likeness (QED) is 0.639. The molecule has 1 saturated heterocycles. The first-order chi connectivity index (χ1) is 5.79. The Hall–Kier alpha value is -0.610. The van der Waals surface area contributed by atoms with E-state index in [1.165, 1.54) is 6.42 Å². The number of carbonyl (C=O) groups is 1. The maximum absolute atomic E-state index is 10.1. The molecule has 0 spiro atoms. The van der Waals surface area contributed by atoms with Crippen molar-refractivity contribution in [3.05, 3.63) is 0 Å². The summed E-state index contributed by atoms with van der Waals surface area (Å²) in [6, 6.07) is 0. The number of ether oxygens (including phenoxy) is 1. The smallest absolute Gasteiger partial charge is 0.317 e. The molecule has 0 aromatic carbocycles. The van der Waals surface area contributed by atoms with Crippen molar-refractivity contribution < 1.29 is 14.6 Å². The van der Waals surface area contributed by atoms with Crippen molar-refractivity contribution in [1.82, 2.24) is 5.32 Å². The van der Waals surface area contributed by atoms with Crippen molar-refractivity contribution in [2.24, 2.45) is 0 Å². The molecule has 70 valence electrons. The molecule has 1 heterocycles. The maximum atomic E-state index is 10.1. The molecule has 1 atom stereocenters. The minimum atomic E-state index is -0.814. The van der Waals surface area contributed by atoms with Gasteiger partial charge in [0.15, 0.2) is 0 Å². The molecule has 0 saturated carbocycles. The molecule has 0 radical (unpaired) electrons. The van der Waals surface area contributed by atoms with Crippen LogP contribution in [0.2, 0.25) is 0 Å². The van der Waals surface area contributed by atoms with Gasteiger partial charge in [0.1, 0.15) is 0 Å². The lowest BCUT2D eigenvalue weighted by Crippen LogP contribution is -2.34. The van der Waals surface area contributed by atoms with Gasteiger partial charge in [0.25, 0.3) is 0 Å². The zero-order valence-electron chi connectivity index (χ0n) is 7.08. The fourth-order valence-electron chi connectivity index (χ4n) is 1.31. The zero-order valence-corrected chi connectivity index (χ0v) is 7.08. The average Bonchev–Trinajstić information content (AvgIpc) is 2.05. The molecule has 0 bridgehead atoms. The highest BCUT2D eigenvalue weighted by Crippen LogP contribution is 2.11. The Morgan fingerprint density at radius 3 is 3.00 bits per heavy atom. The van der Waals surface area contributed by atoms with E-state index >= 15 is 0 Å². The van der Waals surface area contributed by atoms with Gasteiger partial charge in [0.2, 0.25) is 0 Å². The monoisotopic (exact) mass is 173 g/mol. The molecular weight excluding hydrogens is 158 g/mol. The first kappa shape index (κ1) is 9.48. The number of carboxylic acids is 1. The molecular formula is C8H15NO3. The molecule has 1 aliphatic heterocycles. The predicted molar refractivity (Wildman–Crippen MR) is 44.1 cm³/mol. The second-order valence-electron chi connectivity index (χ2n) is 3.01. The average molecular weight is 173 g/mol. The Kier molecular flexibility index (Phi) is 4.04. The number of nitrogens with one attached hydrogen (secondary N) is 1. The minimum Gasteiger partial charge on any atom is -0.480 e. The van der Waals surface area contributed by atoms with Gasteiger partial charge in [-0.3, -0.25) is 4.79 Å². The molecule has 1 fully saturated rings. The van der Waals surface area contributed by atoms with Gasteiger partial charge in [-0.05, 0) is 19.3 Å². The Morgan fingerprint density at radius 2 is 2.42 bits per heavy atom. The lowest BCUT2D eigenvalue weighted by molar-refractivity contribution is -0.136. The van der Waals surface area contributed by atoms with E-state index in [1.807, 2.05) is 0 Å². The summed E-state index contributed by atoms with van der Waals surface area (Å²) in [5.74, 6) is -0.814. The van der Waals surface area contributed by atoms with Crippen LogP contribution < -0.4 is 5.32 Å². The largest absolute Gasteiger partial charge is 0.480 e. The normalized spacial score (nSPS) is 23.8. The van der Waals surface area contributed by atoms with Crippen molar-refractivity contribution in [2.75, 3.05) is 19.7 Å². The van der Waals surface area contributed by atoms with Crippen LogP contribution in [-0.2, 0) is 9.53 Å². The van der Waals surface area contributed by atoms with E-state index in [0.29, 0.717) is 6.54 Å². The van der Waals surface area contributed by atoms with E-state index in [2.05, 4.69) is 5.32 Å². The number of hydrogen-bond acceptors (Lipinski definition) is 3. The molecule has 0 aromatic heterocycles. The second kappa shape index (κ2) is 5.11. The zero-order chi connectivity index (χ0) is 8.81. The van der Waals surface area contributed by atoms with Crippen LogP contribution in [-0.4, -0.2) is 36.9 Å². The van der Waals surface area contributed by atoms with Gasteiger partial charge in [-0.25, -0.2) is 0 Å². The summed E-state index contributed by atoms with van der Waals surface area (Å²) in [4.78, 5) is 10.1. The Morgan fingerprint density at radius 1 is 1.58 bits per heavy atom. The van der Waals surface area contributed by atoms with E-state index in [0.717, 1.165) is 19.4 Å². The molecule has 4 heteroatoms. The molecule has 1 rings (SSSR count). The summed E-state index contributed by atoms with van der Waals surface area (Å²) in [5.41, 5.74) is 0. The van der Waals surface area contributed by atoms with Crippen molar-refractivity contribution in [2.45, 2.75) is 25.4 Å². The lowest BCUT2D eigenvalue weighted by Gasteiger charge is -2.22. The number of aliphatic carboxylic acids is 1. The summed E-state index contributed by atoms with van der Waals surface area (Å²) in [5, 5.41) is 11.2. The summed E-state index contributed by atoms with van der Waals surface area (Å²) < 4.78 is 5.40. The van der Waals surface area contributed by atoms with Gasteiger partial charge in [0.05, 0.1) is 12.6 Å². The standard InChI is InChI=1S/C8H15NO3/c10-8(11)6-9-5-7-3-1-2-4-12-7/h7,9H,1-6H2,(H,10,11). The predicted octanol–water partition coefficient (Wildman–Crippen LogP) is 0.230. The van der Waals surface area contributed by atoms with Gasteiger partial charge in [-0.1, -0.05) is 0 Å². The first-order valence-electron chi connectivity index (χ1n) is 4.33. The Balaban J connectivity index is 2.01. The molecule has 4 nitrogen and oxygen atoms in total. The fraction of sp³-hybridized carbons (Fsp3) is 0.875. The topological polar surface area (TPSA) is 58.6 Å². The lowest BCUT2D eigenvalue weighted by atomic mass is 10.1. The Labute approximate surface area is 71.9 Å². The van der Waals surface area contributed by atoms with Crippen LogP contribution in [0.1, 0.15) is 19.3 Å². The minimum absolute atomic E-state index is 0.0276. The molecule has 0 aliphatic carbocycles. The molecule has 12 heavy (non-hydrogen) atoms. The molecule has 0 aromatic rings. The molecule has 2 N–H and O–H groups in total. The van der Waals surface area contributed by atoms with Crippen LogP contribution in [0.15, 0.2) is 0 Å². The van der Waals surface area contributed by atoms with Gasteiger partial charge in [-0.15, -0.1) is 0 Å². The van der Waals surface area contributed by atoms with E-state index in [9.17, 15) is 4.79 Å². The van der Waals surface area contributed by atoms with Crippen molar-refractivity contribution in [3.63, 3.8) is 0 Å².